The van der Waals surface area contributed by atoms with Gasteiger partial charge in [-0.3, -0.25) is 0 Å². The van der Waals surface area contributed by atoms with Crippen LogP contribution in [0.1, 0.15) is 44.2 Å². The molecule has 0 bridgehead atoms. The van der Waals surface area contributed by atoms with Crippen LogP contribution in [0.25, 0.3) is 0 Å². The van der Waals surface area contributed by atoms with E-state index in [-0.39, 0.29) is 11.8 Å². The summed E-state index contributed by atoms with van der Waals surface area (Å²) in [6, 6.07) is 14.4. The van der Waals surface area contributed by atoms with Crippen molar-refractivity contribution >= 4 is 23.1 Å². The van der Waals surface area contributed by atoms with Gasteiger partial charge in [0, 0.05) is 17.6 Å². The Morgan fingerprint density at radius 2 is 1.69 bits per heavy atom. The topological polar surface area (TPSA) is 59.1 Å². The summed E-state index contributed by atoms with van der Waals surface area (Å²) in [6.07, 6.45) is -0.186. The van der Waals surface area contributed by atoms with Gasteiger partial charge in [0.1, 0.15) is 17.1 Å². The lowest BCUT2D eigenvalue weighted by molar-refractivity contribution is -0.137. The van der Waals surface area contributed by atoms with Gasteiger partial charge >= 0.3 is 6.18 Å². The van der Waals surface area contributed by atoms with E-state index < -0.39 is 11.7 Å². The van der Waals surface area contributed by atoms with Crippen molar-refractivity contribution in [2.24, 2.45) is 0 Å². The van der Waals surface area contributed by atoms with Crippen LogP contribution < -0.4 is 15.4 Å². The maximum absolute atomic E-state index is 13.6. The van der Waals surface area contributed by atoms with E-state index in [0.29, 0.717) is 18.0 Å². The number of halogens is 3. The molecular weight excluding hydrogens is 417 g/mol. The Hall–Kier alpha value is -3.29. The van der Waals surface area contributed by atoms with Gasteiger partial charge in [-0.1, -0.05) is 38.5 Å². The molecule has 32 heavy (non-hydrogen) atoms. The second kappa shape index (κ2) is 10.8. The number of hydrogen-bond acceptors (Lipinski definition) is 5. The van der Waals surface area contributed by atoms with Crippen molar-refractivity contribution in [2.45, 2.75) is 45.7 Å². The second-order valence-electron chi connectivity index (χ2n) is 7.34. The minimum atomic E-state index is -4.59. The third-order valence-corrected chi connectivity index (χ3v) is 4.75. The number of alkyl halides is 3. The van der Waals surface area contributed by atoms with E-state index in [2.05, 4.69) is 27.5 Å². The molecule has 170 valence electrons. The Kier molecular flexibility index (Phi) is 7.92. The molecule has 3 aromatic rings. The number of para-hydroxylation sites is 1. The first-order valence-corrected chi connectivity index (χ1v) is 10.7. The van der Waals surface area contributed by atoms with Gasteiger partial charge in [-0.15, -0.1) is 0 Å². The number of rotatable bonds is 10. The third-order valence-electron chi connectivity index (χ3n) is 4.75. The average Bonchev–Trinajstić information content (AvgIpc) is 2.77. The maximum Gasteiger partial charge on any atom is 0.421 e. The molecule has 0 radical (unpaired) electrons. The number of ether oxygens (including phenoxy) is 1. The number of nitrogens with one attached hydrogen (secondary N) is 2. The smallest absolute Gasteiger partial charge is 0.421 e. The summed E-state index contributed by atoms with van der Waals surface area (Å²) in [5.74, 6) is 0.493. The lowest BCUT2D eigenvalue weighted by atomic mass is 10.1. The summed E-state index contributed by atoms with van der Waals surface area (Å²) in [5.41, 5.74) is 1.27. The Morgan fingerprint density at radius 3 is 2.38 bits per heavy atom. The largest absolute Gasteiger partial charge is 0.494 e. The van der Waals surface area contributed by atoms with Crippen molar-refractivity contribution in [1.82, 2.24) is 9.97 Å². The predicted molar refractivity (Wildman–Crippen MR) is 121 cm³/mol. The first-order valence-electron chi connectivity index (χ1n) is 10.7. The fourth-order valence-corrected chi connectivity index (χ4v) is 3.08. The molecule has 0 fully saturated rings. The molecule has 0 saturated heterocycles. The molecule has 0 aliphatic rings. The SMILES string of the molecule is CCCCc1ccccc1Nc1nc(Nc2ccc(OCCC)cc2)ncc1C(F)(F)F. The van der Waals surface area contributed by atoms with Crippen LogP contribution in [-0.4, -0.2) is 16.6 Å². The quantitative estimate of drug-likeness (QED) is 0.349. The Labute approximate surface area is 186 Å². The summed E-state index contributed by atoms with van der Waals surface area (Å²) in [6.45, 7) is 4.71. The van der Waals surface area contributed by atoms with Crippen LogP contribution in [0.5, 0.6) is 5.75 Å². The minimum absolute atomic E-state index is 0.0637. The molecule has 0 spiro atoms. The average molecular weight is 445 g/mol. The van der Waals surface area contributed by atoms with E-state index in [1.165, 1.54) is 0 Å². The van der Waals surface area contributed by atoms with Crippen LogP contribution in [0.3, 0.4) is 0 Å². The standard InChI is InChI=1S/C24H27F3N4O/c1-3-5-8-17-9-6-7-10-21(17)30-22-20(24(25,26)27)16-28-23(31-22)29-18-11-13-19(14-12-18)32-15-4-2/h6-7,9-14,16H,3-5,8,15H2,1-2H3,(H2,28,29,30,31). The first-order chi connectivity index (χ1) is 15.4. The first kappa shape index (κ1) is 23.4. The van der Waals surface area contributed by atoms with E-state index in [4.69, 9.17) is 4.74 Å². The lowest BCUT2D eigenvalue weighted by Crippen LogP contribution is -2.13. The van der Waals surface area contributed by atoms with Gasteiger partial charge in [-0.05, 0) is 55.2 Å². The molecular formula is C24H27F3N4O. The van der Waals surface area contributed by atoms with Gasteiger partial charge < -0.3 is 15.4 Å². The number of unbranched alkanes of at least 4 members (excludes halogenated alkanes) is 1. The molecule has 0 unspecified atom stereocenters. The molecule has 0 aliphatic heterocycles. The van der Waals surface area contributed by atoms with E-state index >= 15 is 0 Å². The molecule has 0 saturated carbocycles. The fraction of sp³-hybridized carbons (Fsp3) is 0.333. The monoisotopic (exact) mass is 444 g/mol. The Bertz CT molecular complexity index is 1010. The number of anilines is 4. The van der Waals surface area contributed by atoms with Crippen molar-refractivity contribution in [2.75, 3.05) is 17.2 Å². The van der Waals surface area contributed by atoms with Gasteiger partial charge in [0.2, 0.25) is 5.95 Å². The fourth-order valence-electron chi connectivity index (χ4n) is 3.08. The van der Waals surface area contributed by atoms with Crippen LogP contribution in [-0.2, 0) is 12.6 Å². The van der Waals surface area contributed by atoms with Crippen LogP contribution in [0.4, 0.5) is 36.3 Å². The lowest BCUT2D eigenvalue weighted by Gasteiger charge is -2.17. The molecule has 0 amide bonds. The summed E-state index contributed by atoms with van der Waals surface area (Å²) < 4.78 is 46.4. The van der Waals surface area contributed by atoms with Crippen LogP contribution in [0.2, 0.25) is 0 Å². The third kappa shape index (κ3) is 6.35. The van der Waals surface area contributed by atoms with Gasteiger partial charge in [0.05, 0.1) is 6.61 Å². The number of nitrogens with zero attached hydrogens (tertiary/aromatic N) is 2. The number of aromatic nitrogens is 2. The summed E-state index contributed by atoms with van der Waals surface area (Å²) in [5, 5.41) is 5.84. The van der Waals surface area contributed by atoms with E-state index in [9.17, 15) is 13.2 Å². The zero-order chi connectivity index (χ0) is 23.0. The molecule has 1 heterocycles. The van der Waals surface area contributed by atoms with E-state index in [1.54, 1.807) is 36.4 Å². The molecule has 5 nitrogen and oxygen atoms in total. The molecule has 8 heteroatoms. The molecule has 0 atom stereocenters. The Balaban J connectivity index is 1.86. The Morgan fingerprint density at radius 1 is 0.938 bits per heavy atom. The summed E-state index contributed by atoms with van der Waals surface area (Å²) in [4.78, 5) is 8.01. The summed E-state index contributed by atoms with van der Waals surface area (Å²) >= 11 is 0. The van der Waals surface area contributed by atoms with Gasteiger partial charge in [-0.2, -0.15) is 18.2 Å². The minimum Gasteiger partial charge on any atom is -0.494 e. The van der Waals surface area contributed by atoms with E-state index in [0.717, 1.165) is 43.2 Å². The zero-order valence-electron chi connectivity index (χ0n) is 18.2. The molecule has 3 rings (SSSR count). The molecule has 1 aromatic heterocycles. The highest BCUT2D eigenvalue weighted by atomic mass is 19.4. The maximum atomic E-state index is 13.6. The van der Waals surface area contributed by atoms with Crippen molar-refractivity contribution < 1.29 is 17.9 Å². The predicted octanol–water partition coefficient (Wildman–Crippen LogP) is 7.11. The van der Waals surface area contributed by atoms with Crippen LogP contribution in [0.15, 0.2) is 54.7 Å². The molecule has 2 N–H and O–H groups in total. The number of benzene rings is 2. The molecule has 0 aliphatic carbocycles. The van der Waals surface area contributed by atoms with Crippen molar-refractivity contribution in [3.05, 3.63) is 65.9 Å². The van der Waals surface area contributed by atoms with Gasteiger partial charge in [-0.25, -0.2) is 4.98 Å². The van der Waals surface area contributed by atoms with Crippen LogP contribution in [0, 0.1) is 0 Å². The highest BCUT2D eigenvalue weighted by molar-refractivity contribution is 5.65. The van der Waals surface area contributed by atoms with E-state index in [1.807, 2.05) is 19.1 Å². The van der Waals surface area contributed by atoms with Gasteiger partial charge in [0.15, 0.2) is 0 Å². The highest BCUT2D eigenvalue weighted by Gasteiger charge is 2.35. The number of hydrogen-bond donors (Lipinski definition) is 2. The van der Waals surface area contributed by atoms with Gasteiger partial charge in [0.25, 0.3) is 0 Å². The normalized spacial score (nSPS) is 11.3. The van der Waals surface area contributed by atoms with Crippen molar-refractivity contribution in [3.8, 4) is 5.75 Å². The number of aryl methyl sites for hydroxylation is 1. The molecule has 2 aromatic carbocycles. The van der Waals surface area contributed by atoms with Crippen LogP contribution >= 0.6 is 0 Å². The van der Waals surface area contributed by atoms with Crippen molar-refractivity contribution in [3.63, 3.8) is 0 Å². The zero-order valence-corrected chi connectivity index (χ0v) is 18.2. The summed E-state index contributed by atoms with van der Waals surface area (Å²) in [7, 11) is 0. The highest BCUT2D eigenvalue weighted by Crippen LogP contribution is 2.36. The van der Waals surface area contributed by atoms with Crippen molar-refractivity contribution in [1.29, 1.82) is 0 Å². The second-order valence-corrected chi connectivity index (χ2v) is 7.34.